The zero-order chi connectivity index (χ0) is 15.2. The summed E-state index contributed by atoms with van der Waals surface area (Å²) in [5, 5.41) is 0.479. The molecule has 0 bridgehead atoms. The Morgan fingerprint density at radius 1 is 1.19 bits per heavy atom. The fourth-order valence-electron chi connectivity index (χ4n) is 1.89. The van der Waals surface area contributed by atoms with E-state index in [-0.39, 0.29) is 12.4 Å². The Bertz CT molecular complexity index is 643. The van der Waals surface area contributed by atoms with E-state index in [2.05, 4.69) is 0 Å². The van der Waals surface area contributed by atoms with Crippen LogP contribution in [-0.4, -0.2) is 20.0 Å². The second-order valence-corrected chi connectivity index (χ2v) is 4.80. The van der Waals surface area contributed by atoms with Gasteiger partial charge in [0.2, 0.25) is 0 Å². The van der Waals surface area contributed by atoms with Crippen LogP contribution in [-0.2, 0) is 6.42 Å². The topological polar surface area (TPSA) is 35.5 Å². The largest absolute Gasteiger partial charge is 0.493 e. The van der Waals surface area contributed by atoms with Crippen molar-refractivity contribution in [2.75, 3.05) is 13.7 Å². The summed E-state index contributed by atoms with van der Waals surface area (Å²) in [6, 6.07) is 9.26. The first-order chi connectivity index (χ1) is 10.1. The molecule has 0 aliphatic carbocycles. The van der Waals surface area contributed by atoms with Crippen LogP contribution in [0.3, 0.4) is 0 Å². The van der Waals surface area contributed by atoms with Gasteiger partial charge in [0.25, 0.3) is 0 Å². The summed E-state index contributed by atoms with van der Waals surface area (Å²) < 4.78 is 24.3. The molecule has 0 atom stereocenters. The molecular weight excluding hydrogens is 295 g/mol. The summed E-state index contributed by atoms with van der Waals surface area (Å²) in [5.74, 6) is 0.647. The highest BCUT2D eigenvalue weighted by Crippen LogP contribution is 2.27. The van der Waals surface area contributed by atoms with Gasteiger partial charge in [-0.1, -0.05) is 11.6 Å². The van der Waals surface area contributed by atoms with Crippen LogP contribution in [0.4, 0.5) is 4.39 Å². The molecule has 0 heterocycles. The Labute approximate surface area is 127 Å². The van der Waals surface area contributed by atoms with Crippen molar-refractivity contribution >= 4 is 17.9 Å². The normalized spacial score (nSPS) is 10.2. The van der Waals surface area contributed by atoms with E-state index in [9.17, 15) is 9.18 Å². The highest BCUT2D eigenvalue weighted by molar-refractivity contribution is 6.30. The van der Waals surface area contributed by atoms with E-state index < -0.39 is 0 Å². The lowest BCUT2D eigenvalue weighted by Crippen LogP contribution is -2.04. The maximum Gasteiger partial charge on any atom is 0.161 e. The van der Waals surface area contributed by atoms with Crippen molar-refractivity contribution < 1.29 is 18.7 Å². The molecule has 0 radical (unpaired) electrons. The third-order valence-electron chi connectivity index (χ3n) is 2.96. The molecule has 0 unspecified atom stereocenters. The van der Waals surface area contributed by atoms with E-state index in [4.69, 9.17) is 21.1 Å². The minimum atomic E-state index is -0.323. The molecular formula is C16H14ClFO3. The lowest BCUT2D eigenvalue weighted by atomic mass is 10.1. The number of carbonyl (C=O) groups excluding carboxylic acids is 1. The number of aldehydes is 1. The quantitative estimate of drug-likeness (QED) is 0.759. The SMILES string of the molecule is COc1ccc(C=O)cc1OCCc1cc(Cl)ccc1F. The second-order valence-electron chi connectivity index (χ2n) is 4.36. The number of hydrogen-bond donors (Lipinski definition) is 0. The highest BCUT2D eigenvalue weighted by atomic mass is 35.5. The molecule has 0 aliphatic rings. The summed E-state index contributed by atoms with van der Waals surface area (Å²) in [7, 11) is 1.51. The van der Waals surface area contributed by atoms with Crippen LogP contribution in [0.1, 0.15) is 15.9 Å². The minimum Gasteiger partial charge on any atom is -0.493 e. The lowest BCUT2D eigenvalue weighted by molar-refractivity contribution is 0.112. The summed E-state index contributed by atoms with van der Waals surface area (Å²) >= 11 is 5.83. The fourth-order valence-corrected chi connectivity index (χ4v) is 2.08. The zero-order valence-corrected chi connectivity index (χ0v) is 12.2. The van der Waals surface area contributed by atoms with Gasteiger partial charge >= 0.3 is 0 Å². The Hall–Kier alpha value is -2.07. The first-order valence-corrected chi connectivity index (χ1v) is 6.72. The monoisotopic (exact) mass is 308 g/mol. The van der Waals surface area contributed by atoms with E-state index >= 15 is 0 Å². The van der Waals surface area contributed by atoms with Crippen LogP contribution in [0, 0.1) is 5.82 Å². The first-order valence-electron chi connectivity index (χ1n) is 6.34. The molecule has 0 aromatic heterocycles. The molecule has 0 saturated heterocycles. The molecule has 0 N–H and O–H groups in total. The van der Waals surface area contributed by atoms with Crippen molar-refractivity contribution in [3.8, 4) is 11.5 Å². The van der Waals surface area contributed by atoms with Crippen molar-refractivity contribution in [1.82, 2.24) is 0 Å². The number of ether oxygens (including phenoxy) is 2. The summed E-state index contributed by atoms with van der Waals surface area (Å²) in [6.45, 7) is 0.246. The lowest BCUT2D eigenvalue weighted by Gasteiger charge is -2.11. The molecule has 2 rings (SSSR count). The number of methoxy groups -OCH3 is 1. The first kappa shape index (κ1) is 15.3. The third kappa shape index (κ3) is 3.95. The molecule has 0 spiro atoms. The van der Waals surface area contributed by atoms with Crippen molar-refractivity contribution in [2.24, 2.45) is 0 Å². The van der Waals surface area contributed by atoms with Crippen LogP contribution in [0.2, 0.25) is 5.02 Å². The number of hydrogen-bond acceptors (Lipinski definition) is 3. The zero-order valence-electron chi connectivity index (χ0n) is 11.4. The minimum absolute atomic E-state index is 0.246. The molecule has 2 aromatic rings. The van der Waals surface area contributed by atoms with Crippen molar-refractivity contribution in [2.45, 2.75) is 6.42 Å². The van der Waals surface area contributed by atoms with Crippen molar-refractivity contribution in [3.63, 3.8) is 0 Å². The van der Waals surface area contributed by atoms with Gasteiger partial charge in [0, 0.05) is 17.0 Å². The Morgan fingerprint density at radius 3 is 2.71 bits per heavy atom. The number of benzene rings is 2. The number of carbonyl (C=O) groups is 1. The molecule has 2 aromatic carbocycles. The molecule has 21 heavy (non-hydrogen) atoms. The number of halogens is 2. The summed E-state index contributed by atoms with van der Waals surface area (Å²) in [6.07, 6.45) is 1.09. The summed E-state index contributed by atoms with van der Waals surface area (Å²) in [4.78, 5) is 10.8. The van der Waals surface area contributed by atoms with E-state index in [0.717, 1.165) is 6.29 Å². The van der Waals surface area contributed by atoms with Crippen molar-refractivity contribution in [3.05, 3.63) is 58.4 Å². The molecule has 0 fully saturated rings. The van der Waals surface area contributed by atoms with Crippen LogP contribution in [0.15, 0.2) is 36.4 Å². The Kier molecular flexibility index (Phi) is 5.17. The van der Waals surface area contributed by atoms with Gasteiger partial charge in [-0.15, -0.1) is 0 Å². The Morgan fingerprint density at radius 2 is 2.00 bits per heavy atom. The molecule has 0 saturated carbocycles. The van der Waals surface area contributed by atoms with E-state index in [0.29, 0.717) is 34.1 Å². The third-order valence-corrected chi connectivity index (χ3v) is 3.20. The van der Waals surface area contributed by atoms with Gasteiger partial charge in [-0.25, -0.2) is 4.39 Å². The fraction of sp³-hybridized carbons (Fsp3) is 0.188. The van der Waals surface area contributed by atoms with Gasteiger partial charge < -0.3 is 9.47 Å². The Balaban J connectivity index is 2.06. The van der Waals surface area contributed by atoms with E-state index in [1.807, 2.05) is 0 Å². The molecule has 110 valence electrons. The van der Waals surface area contributed by atoms with E-state index in [1.54, 1.807) is 24.3 Å². The molecule has 0 aliphatic heterocycles. The number of rotatable bonds is 6. The molecule has 5 heteroatoms. The van der Waals surface area contributed by atoms with Gasteiger partial charge in [0.05, 0.1) is 13.7 Å². The predicted molar refractivity (Wildman–Crippen MR) is 79.0 cm³/mol. The highest BCUT2D eigenvalue weighted by Gasteiger charge is 2.07. The maximum absolute atomic E-state index is 13.6. The maximum atomic E-state index is 13.6. The smallest absolute Gasteiger partial charge is 0.161 e. The van der Waals surface area contributed by atoms with Gasteiger partial charge in [-0.2, -0.15) is 0 Å². The average molecular weight is 309 g/mol. The van der Waals surface area contributed by atoms with Gasteiger partial charge in [0.1, 0.15) is 12.1 Å². The second kappa shape index (κ2) is 7.09. The predicted octanol–water partition coefficient (Wildman–Crippen LogP) is 3.92. The molecule has 0 amide bonds. The van der Waals surface area contributed by atoms with Crippen LogP contribution < -0.4 is 9.47 Å². The van der Waals surface area contributed by atoms with E-state index in [1.165, 1.54) is 19.2 Å². The van der Waals surface area contributed by atoms with Gasteiger partial charge in [-0.05, 0) is 42.0 Å². The molecule has 3 nitrogen and oxygen atoms in total. The van der Waals surface area contributed by atoms with Crippen LogP contribution in [0.5, 0.6) is 11.5 Å². The van der Waals surface area contributed by atoms with Gasteiger partial charge in [0.15, 0.2) is 11.5 Å². The standard InChI is InChI=1S/C16H14ClFO3/c1-20-15-5-2-11(10-19)8-16(15)21-7-6-12-9-13(17)3-4-14(12)18/h2-5,8-10H,6-7H2,1H3. The van der Waals surface area contributed by atoms with Gasteiger partial charge in [-0.3, -0.25) is 4.79 Å². The average Bonchev–Trinajstić information content (AvgIpc) is 2.50. The van der Waals surface area contributed by atoms with Crippen molar-refractivity contribution in [1.29, 1.82) is 0 Å². The summed E-state index contributed by atoms with van der Waals surface area (Å²) in [5.41, 5.74) is 0.966. The van der Waals surface area contributed by atoms with Crippen LogP contribution >= 0.6 is 11.6 Å². The van der Waals surface area contributed by atoms with Crippen LogP contribution in [0.25, 0.3) is 0 Å².